The van der Waals surface area contributed by atoms with Crippen LogP contribution in [-0.2, 0) is 23.8 Å². The molecule has 3 aliphatic rings. The molecule has 3 aliphatic heterocycles. The van der Waals surface area contributed by atoms with Gasteiger partial charge in [0.05, 0.1) is 63.3 Å². The van der Waals surface area contributed by atoms with Crippen LogP contribution in [0.15, 0.2) is 42.7 Å². The van der Waals surface area contributed by atoms with Gasteiger partial charge in [-0.2, -0.15) is 0 Å². The van der Waals surface area contributed by atoms with E-state index in [1.807, 2.05) is 32.0 Å². The maximum Gasteiger partial charge on any atom is 0.407 e. The minimum Gasteiger partial charge on any atom is -0.493 e. The Morgan fingerprint density at radius 2 is 1.54 bits per heavy atom. The van der Waals surface area contributed by atoms with Gasteiger partial charge in [-0.15, -0.1) is 0 Å². The van der Waals surface area contributed by atoms with Crippen LogP contribution in [0.1, 0.15) is 76.1 Å². The monoisotopic (exact) mass is 770 g/mol. The van der Waals surface area contributed by atoms with Gasteiger partial charge >= 0.3 is 12.2 Å². The van der Waals surface area contributed by atoms with Crippen molar-refractivity contribution in [1.82, 2.24) is 40.4 Å². The third kappa shape index (κ3) is 8.15. The van der Waals surface area contributed by atoms with Crippen LogP contribution in [0, 0.1) is 5.92 Å². The summed E-state index contributed by atoms with van der Waals surface area (Å²) in [5.74, 6) is 1.55. The fourth-order valence-electron chi connectivity index (χ4n) is 7.86. The Kier molecular flexibility index (Phi) is 11.7. The minimum absolute atomic E-state index is 0.0250. The van der Waals surface area contributed by atoms with Crippen LogP contribution in [0.5, 0.6) is 5.75 Å². The summed E-state index contributed by atoms with van der Waals surface area (Å²) in [6, 6.07) is 8.11. The van der Waals surface area contributed by atoms with E-state index in [-0.39, 0.29) is 36.4 Å². The topological polar surface area (TPSA) is 193 Å². The van der Waals surface area contributed by atoms with Crippen molar-refractivity contribution in [2.75, 3.05) is 47.1 Å². The quantitative estimate of drug-likeness (QED) is 0.202. The van der Waals surface area contributed by atoms with Gasteiger partial charge in [0.15, 0.2) is 0 Å². The molecule has 0 aliphatic carbocycles. The standard InChI is InChI=1S/C40H50N8O8/c1-23(2)34(46-40(52)54-4)38(50)48-14-8-10-32(48)36-41-20-28(43-36)24-11-12-27-25(17-24)18-26-19-33(27)56-16-6-5-15-55-22-30(45-39(51)53-3)37(49)47-13-7-9-31(47)35-42-21-29(26)44-35/h11-12,17-21,23,30-32,34H,5-10,13-16,22H2,1-4H3,(H,41,43)(H,42,44)(H,45,51)(H,46,52)/t30-,31-,32+,34-/m0/s1. The number of nitrogens with zero attached hydrogens (tertiary/aromatic N) is 4. The molecule has 2 fully saturated rings. The van der Waals surface area contributed by atoms with Crippen LogP contribution in [0.2, 0.25) is 0 Å². The molecule has 0 unspecified atom stereocenters. The van der Waals surface area contributed by atoms with Crippen LogP contribution in [0.25, 0.3) is 33.3 Å². The van der Waals surface area contributed by atoms with E-state index in [2.05, 4.69) is 32.7 Å². The van der Waals surface area contributed by atoms with Crippen molar-refractivity contribution in [1.29, 1.82) is 0 Å². The molecule has 16 nitrogen and oxygen atoms in total. The van der Waals surface area contributed by atoms with E-state index >= 15 is 0 Å². The van der Waals surface area contributed by atoms with Crippen molar-refractivity contribution in [2.24, 2.45) is 5.92 Å². The Bertz CT molecular complexity index is 2060. The van der Waals surface area contributed by atoms with Gasteiger partial charge in [0.2, 0.25) is 11.8 Å². The molecular weight excluding hydrogens is 720 g/mol. The molecule has 2 saturated heterocycles. The van der Waals surface area contributed by atoms with Gasteiger partial charge in [0.1, 0.15) is 29.5 Å². The molecule has 0 spiro atoms. The third-order valence-electron chi connectivity index (χ3n) is 10.8. The molecule has 4 amide bonds. The second-order valence-corrected chi connectivity index (χ2v) is 14.8. The maximum atomic E-state index is 13.8. The molecule has 4 atom stereocenters. The van der Waals surface area contributed by atoms with Gasteiger partial charge < -0.3 is 49.3 Å². The van der Waals surface area contributed by atoms with Gasteiger partial charge in [0, 0.05) is 36.2 Å². The number of H-pyrrole nitrogens is 2. The summed E-state index contributed by atoms with van der Waals surface area (Å²) in [7, 11) is 2.55. The highest BCUT2D eigenvalue weighted by molar-refractivity contribution is 5.95. The lowest BCUT2D eigenvalue weighted by atomic mass is 10.0. The number of nitrogens with one attached hydrogen (secondary N) is 4. The van der Waals surface area contributed by atoms with E-state index in [9.17, 15) is 19.2 Å². The number of amides is 4. The number of alkyl carbamates (subject to hydrolysis) is 2. The number of aromatic nitrogens is 4. The van der Waals surface area contributed by atoms with Crippen LogP contribution >= 0.6 is 0 Å². The van der Waals surface area contributed by atoms with Crippen molar-refractivity contribution in [2.45, 2.75) is 76.5 Å². The smallest absolute Gasteiger partial charge is 0.407 e. The Morgan fingerprint density at radius 3 is 2.29 bits per heavy atom. The summed E-state index contributed by atoms with van der Waals surface area (Å²) in [4.78, 5) is 71.6. The Balaban J connectivity index is 1.17. The predicted molar refractivity (Wildman–Crippen MR) is 206 cm³/mol. The molecule has 298 valence electrons. The molecular formula is C40H50N8O8. The Hall–Kier alpha value is -5.64. The fraction of sp³-hybridized carbons (Fsp3) is 0.500. The number of aromatic amines is 2. The molecule has 4 aromatic rings. The molecule has 56 heavy (non-hydrogen) atoms. The van der Waals surface area contributed by atoms with Gasteiger partial charge in [0.25, 0.3) is 0 Å². The number of rotatable bonds is 6. The lowest BCUT2D eigenvalue weighted by molar-refractivity contribution is -0.136. The first-order valence-corrected chi connectivity index (χ1v) is 19.3. The Labute approximate surface area is 325 Å². The highest BCUT2D eigenvalue weighted by Gasteiger charge is 2.38. The van der Waals surface area contributed by atoms with Crippen LogP contribution in [0.3, 0.4) is 0 Å². The first kappa shape index (κ1) is 38.6. The molecule has 7 rings (SSSR count). The van der Waals surface area contributed by atoms with Crippen molar-refractivity contribution in [3.8, 4) is 28.3 Å². The molecule has 0 saturated carbocycles. The number of fused-ring (bicyclic) bond motifs is 9. The lowest BCUT2D eigenvalue weighted by Gasteiger charge is -2.30. The number of carbonyl (C=O) groups excluding carboxylic acids is 4. The highest BCUT2D eigenvalue weighted by atomic mass is 16.5. The summed E-state index contributed by atoms with van der Waals surface area (Å²) in [5.41, 5.74) is 3.38. The summed E-state index contributed by atoms with van der Waals surface area (Å²) < 4.78 is 21.9. The number of hydrogen-bond acceptors (Lipinski definition) is 10. The van der Waals surface area contributed by atoms with Crippen LogP contribution in [0.4, 0.5) is 9.59 Å². The van der Waals surface area contributed by atoms with Gasteiger partial charge in [-0.3, -0.25) is 9.59 Å². The summed E-state index contributed by atoms with van der Waals surface area (Å²) in [6.45, 7) is 5.76. The molecule has 4 bridgehead atoms. The number of methoxy groups -OCH3 is 2. The van der Waals surface area contributed by atoms with Crippen molar-refractivity contribution < 1.29 is 38.1 Å². The molecule has 16 heteroatoms. The van der Waals surface area contributed by atoms with Crippen molar-refractivity contribution >= 4 is 34.8 Å². The van der Waals surface area contributed by atoms with E-state index in [0.29, 0.717) is 50.8 Å². The maximum absolute atomic E-state index is 13.8. The second-order valence-electron chi connectivity index (χ2n) is 14.8. The summed E-state index contributed by atoms with van der Waals surface area (Å²) in [5, 5.41) is 7.24. The van der Waals surface area contributed by atoms with Crippen molar-refractivity contribution in [3.63, 3.8) is 0 Å². The average Bonchev–Trinajstić information content (AvgIpc) is 4.04. The zero-order valence-corrected chi connectivity index (χ0v) is 32.3. The first-order chi connectivity index (χ1) is 27.1. The Morgan fingerprint density at radius 1 is 0.857 bits per heavy atom. The largest absolute Gasteiger partial charge is 0.493 e. The van der Waals surface area contributed by atoms with E-state index < -0.39 is 24.3 Å². The number of ether oxygens (including phenoxy) is 4. The van der Waals surface area contributed by atoms with E-state index in [1.165, 1.54) is 14.2 Å². The lowest BCUT2D eigenvalue weighted by Crippen LogP contribution is -2.51. The molecule has 4 N–H and O–H groups in total. The molecule has 0 radical (unpaired) electrons. The minimum atomic E-state index is -0.892. The van der Waals surface area contributed by atoms with E-state index in [0.717, 1.165) is 64.7 Å². The van der Waals surface area contributed by atoms with E-state index in [1.54, 1.807) is 22.2 Å². The summed E-state index contributed by atoms with van der Waals surface area (Å²) in [6.07, 6.45) is 6.74. The zero-order chi connectivity index (χ0) is 39.3. The molecule has 2 aromatic carbocycles. The molecule has 5 heterocycles. The van der Waals surface area contributed by atoms with Gasteiger partial charge in [-0.1, -0.05) is 19.9 Å². The van der Waals surface area contributed by atoms with E-state index in [4.69, 9.17) is 28.9 Å². The molecule has 2 aromatic heterocycles. The SMILES string of the molecule is COC(=O)N[C@H]1COCCCCOc2cc(cc3cc(-c4cnc([C@H]5CCCN5C(=O)[C@@H](NC(=O)OC)C(C)C)[nH]4)ccc23)-c2cnc([nH]2)[C@@H]2CCCN2C1=O. The zero-order valence-electron chi connectivity index (χ0n) is 32.3. The number of benzene rings is 2. The second kappa shape index (κ2) is 17.0. The number of imidazole rings is 2. The van der Waals surface area contributed by atoms with Crippen LogP contribution in [-0.4, -0.2) is 113 Å². The average molecular weight is 771 g/mol. The third-order valence-corrected chi connectivity index (χ3v) is 10.8. The van der Waals surface area contributed by atoms with Crippen molar-refractivity contribution in [3.05, 3.63) is 54.4 Å². The first-order valence-electron chi connectivity index (χ1n) is 19.3. The summed E-state index contributed by atoms with van der Waals surface area (Å²) >= 11 is 0. The fourth-order valence-corrected chi connectivity index (χ4v) is 7.86. The number of likely N-dealkylation sites (tertiary alicyclic amines) is 1. The highest BCUT2D eigenvalue weighted by Crippen LogP contribution is 2.38. The number of carbonyl (C=O) groups is 4. The predicted octanol–water partition coefficient (Wildman–Crippen LogP) is 5.24. The van der Waals surface area contributed by atoms with Crippen LogP contribution < -0.4 is 15.4 Å². The van der Waals surface area contributed by atoms with Gasteiger partial charge in [-0.25, -0.2) is 19.6 Å². The normalized spacial score (nSPS) is 20.9. The van der Waals surface area contributed by atoms with Gasteiger partial charge in [-0.05, 0) is 74.1 Å². The number of hydrogen-bond donors (Lipinski definition) is 4.